The van der Waals surface area contributed by atoms with E-state index in [0.29, 0.717) is 5.38 Å². The fraction of sp³-hybridized carbons (Fsp3) is 1.00. The van der Waals surface area contributed by atoms with Crippen LogP contribution in [-0.4, -0.2) is 5.38 Å². The molecule has 0 aliphatic heterocycles. The smallest absolute Gasteiger partial charge is 0.123 e. The van der Waals surface area contributed by atoms with E-state index in [0.717, 1.165) is 6.42 Å². The molecule has 0 bridgehead atoms. The van der Waals surface area contributed by atoms with Crippen molar-refractivity contribution in [1.82, 2.24) is 0 Å². The summed E-state index contributed by atoms with van der Waals surface area (Å²) < 4.78 is 0. The molecule has 0 aromatic carbocycles. The van der Waals surface area contributed by atoms with Gasteiger partial charge in [-0.15, -0.1) is 11.6 Å². The SMILES string of the molecule is CCC(C)Cl.[Na+]. The van der Waals surface area contributed by atoms with Crippen LogP contribution in [0.2, 0.25) is 0 Å². The Balaban J connectivity index is 0. The molecule has 0 aliphatic rings. The first-order valence-corrected chi connectivity index (χ1v) is 2.35. The predicted octanol–water partition coefficient (Wildman–Crippen LogP) is -0.972. The van der Waals surface area contributed by atoms with Crippen LogP contribution in [0.25, 0.3) is 0 Å². The van der Waals surface area contributed by atoms with Crippen LogP contribution < -0.4 is 29.6 Å². The molecule has 0 spiro atoms. The van der Waals surface area contributed by atoms with Gasteiger partial charge in [-0.1, -0.05) is 6.92 Å². The molecule has 0 N–H and O–H groups in total. The Morgan fingerprint density at radius 3 is 1.83 bits per heavy atom. The third-order valence-corrected chi connectivity index (χ3v) is 0.871. The number of halogens is 1. The first-order chi connectivity index (χ1) is 2.27. The van der Waals surface area contributed by atoms with Crippen molar-refractivity contribution in [2.45, 2.75) is 25.6 Å². The second-order valence-corrected chi connectivity index (χ2v) is 1.93. The topological polar surface area (TPSA) is 0 Å². The van der Waals surface area contributed by atoms with E-state index in [2.05, 4.69) is 6.92 Å². The molecule has 0 nitrogen and oxygen atoms in total. The van der Waals surface area contributed by atoms with Crippen LogP contribution in [0.1, 0.15) is 20.3 Å². The van der Waals surface area contributed by atoms with Crippen molar-refractivity contribution in [2.24, 2.45) is 0 Å². The van der Waals surface area contributed by atoms with Gasteiger partial charge in [0.25, 0.3) is 0 Å². The minimum atomic E-state index is 0. The third kappa shape index (κ3) is 8.99. The Hall–Kier alpha value is 1.29. The average molecular weight is 116 g/mol. The number of hydrogen-bond donors (Lipinski definition) is 0. The second-order valence-electron chi connectivity index (χ2n) is 1.19. The van der Waals surface area contributed by atoms with E-state index in [1.54, 1.807) is 0 Å². The van der Waals surface area contributed by atoms with Gasteiger partial charge in [0.05, 0.1) is 0 Å². The molecule has 2 heteroatoms. The van der Waals surface area contributed by atoms with Gasteiger partial charge in [0.1, 0.15) is 0 Å². The van der Waals surface area contributed by atoms with E-state index in [1.807, 2.05) is 6.92 Å². The second kappa shape index (κ2) is 6.29. The number of alkyl halides is 1. The standard InChI is InChI=1S/C4H9Cl.Na/c1-3-4(2)5;/h4H,3H2,1-2H3;/q;+1. The molecule has 0 aromatic heterocycles. The van der Waals surface area contributed by atoms with E-state index in [1.165, 1.54) is 0 Å². The van der Waals surface area contributed by atoms with Crippen LogP contribution in [0.3, 0.4) is 0 Å². The van der Waals surface area contributed by atoms with Crippen LogP contribution >= 0.6 is 11.6 Å². The predicted molar refractivity (Wildman–Crippen MR) is 25.6 cm³/mol. The van der Waals surface area contributed by atoms with Gasteiger partial charge in [0.2, 0.25) is 0 Å². The Morgan fingerprint density at radius 2 is 1.83 bits per heavy atom. The van der Waals surface area contributed by atoms with Gasteiger partial charge in [0.15, 0.2) is 0 Å². The van der Waals surface area contributed by atoms with E-state index in [9.17, 15) is 0 Å². The van der Waals surface area contributed by atoms with E-state index >= 15 is 0 Å². The van der Waals surface area contributed by atoms with Crippen molar-refractivity contribution in [3.05, 3.63) is 0 Å². The molecule has 0 heterocycles. The van der Waals surface area contributed by atoms with Gasteiger partial charge in [-0.25, -0.2) is 0 Å². The maximum Gasteiger partial charge on any atom is 1.00 e. The molecule has 1 unspecified atom stereocenters. The molecule has 0 saturated carbocycles. The van der Waals surface area contributed by atoms with Crippen LogP contribution in [0, 0.1) is 0 Å². The van der Waals surface area contributed by atoms with Gasteiger partial charge >= 0.3 is 29.6 Å². The minimum absolute atomic E-state index is 0. The summed E-state index contributed by atoms with van der Waals surface area (Å²) in [6, 6.07) is 0. The zero-order chi connectivity index (χ0) is 4.28. The van der Waals surface area contributed by atoms with Crippen LogP contribution in [0.4, 0.5) is 0 Å². The molecule has 0 aliphatic carbocycles. The normalized spacial score (nSPS) is 12.5. The summed E-state index contributed by atoms with van der Waals surface area (Å²) in [5.74, 6) is 0. The van der Waals surface area contributed by atoms with E-state index < -0.39 is 0 Å². The number of rotatable bonds is 1. The van der Waals surface area contributed by atoms with Gasteiger partial charge in [-0.2, -0.15) is 0 Å². The molecule has 0 amide bonds. The van der Waals surface area contributed by atoms with Crippen molar-refractivity contribution in [2.75, 3.05) is 0 Å². The Labute approximate surface area is 66.6 Å². The zero-order valence-corrected chi connectivity index (χ0v) is 7.42. The van der Waals surface area contributed by atoms with Crippen LogP contribution in [0.15, 0.2) is 0 Å². The monoisotopic (exact) mass is 115 g/mol. The Kier molecular flexibility index (Phi) is 10.8. The molecular weight excluding hydrogens is 106 g/mol. The van der Waals surface area contributed by atoms with Crippen LogP contribution in [0.5, 0.6) is 0 Å². The van der Waals surface area contributed by atoms with Gasteiger partial charge < -0.3 is 0 Å². The van der Waals surface area contributed by atoms with Gasteiger partial charge in [-0.3, -0.25) is 0 Å². The van der Waals surface area contributed by atoms with Crippen molar-refractivity contribution >= 4 is 11.6 Å². The van der Waals surface area contributed by atoms with E-state index in [-0.39, 0.29) is 29.6 Å². The molecule has 0 rings (SSSR count). The molecule has 1 atom stereocenters. The molecule has 0 aromatic rings. The summed E-state index contributed by atoms with van der Waals surface area (Å²) in [6.45, 7) is 4.05. The molecule has 0 saturated heterocycles. The quantitative estimate of drug-likeness (QED) is 0.305. The molecule has 32 valence electrons. The van der Waals surface area contributed by atoms with E-state index in [4.69, 9.17) is 11.6 Å². The molecule has 6 heavy (non-hydrogen) atoms. The van der Waals surface area contributed by atoms with Crippen molar-refractivity contribution < 1.29 is 29.6 Å². The van der Waals surface area contributed by atoms with Gasteiger partial charge in [-0.05, 0) is 13.3 Å². The summed E-state index contributed by atoms with van der Waals surface area (Å²) in [6.07, 6.45) is 1.07. The van der Waals surface area contributed by atoms with Crippen molar-refractivity contribution in [3.8, 4) is 0 Å². The fourth-order valence-electron chi connectivity index (χ4n) is 0. The van der Waals surface area contributed by atoms with Crippen molar-refractivity contribution in [1.29, 1.82) is 0 Å². The summed E-state index contributed by atoms with van der Waals surface area (Å²) in [5.41, 5.74) is 0. The fourth-order valence-corrected chi connectivity index (χ4v) is 0. The zero-order valence-electron chi connectivity index (χ0n) is 4.66. The maximum absolute atomic E-state index is 5.46. The summed E-state index contributed by atoms with van der Waals surface area (Å²) in [4.78, 5) is 0. The molecular formula is C4H9ClNa+. The van der Waals surface area contributed by atoms with Crippen molar-refractivity contribution in [3.63, 3.8) is 0 Å². The summed E-state index contributed by atoms with van der Waals surface area (Å²) in [7, 11) is 0. The third-order valence-electron chi connectivity index (χ3n) is 0.563. The summed E-state index contributed by atoms with van der Waals surface area (Å²) in [5, 5.41) is 0.356. The molecule has 0 radical (unpaired) electrons. The largest absolute Gasteiger partial charge is 1.00 e. The van der Waals surface area contributed by atoms with Gasteiger partial charge in [0, 0.05) is 5.38 Å². The minimum Gasteiger partial charge on any atom is -0.123 e. The number of hydrogen-bond acceptors (Lipinski definition) is 0. The maximum atomic E-state index is 5.46. The first kappa shape index (κ1) is 10.3. The summed E-state index contributed by atoms with van der Waals surface area (Å²) >= 11 is 5.46. The first-order valence-electron chi connectivity index (χ1n) is 1.91. The van der Waals surface area contributed by atoms with Crippen LogP contribution in [-0.2, 0) is 0 Å². The average Bonchev–Trinajstić information content (AvgIpc) is 1.38. The molecule has 0 fully saturated rings. The Bertz CT molecular complexity index is 21.5. The Morgan fingerprint density at radius 1 is 1.67 bits per heavy atom.